The van der Waals surface area contributed by atoms with Gasteiger partial charge in [0.25, 0.3) is 0 Å². The number of nitrogens with zero attached hydrogens (tertiary/aromatic N) is 4. The van der Waals surface area contributed by atoms with E-state index < -0.39 is 0 Å². The van der Waals surface area contributed by atoms with Crippen LogP contribution in [0.3, 0.4) is 0 Å². The van der Waals surface area contributed by atoms with Crippen LogP contribution >= 0.6 is 0 Å². The minimum absolute atomic E-state index is 0.0182. The molecule has 2 aromatic rings. The number of carbonyl (C=O) groups excluding carboxylic acids is 1. The van der Waals surface area contributed by atoms with Gasteiger partial charge in [0, 0.05) is 49.9 Å². The van der Waals surface area contributed by atoms with Crippen LogP contribution in [0.5, 0.6) is 0 Å². The number of hydrogen-bond donors (Lipinski definition) is 1. The van der Waals surface area contributed by atoms with E-state index in [1.807, 2.05) is 6.20 Å². The molecule has 1 aromatic heterocycles. The van der Waals surface area contributed by atoms with Gasteiger partial charge in [-0.3, -0.25) is 9.69 Å². The molecule has 0 spiro atoms. The van der Waals surface area contributed by atoms with E-state index >= 15 is 0 Å². The fourth-order valence-corrected chi connectivity index (χ4v) is 6.17. The highest BCUT2D eigenvalue weighted by Crippen LogP contribution is 2.37. The molecule has 1 N–H and O–H groups in total. The third-order valence-electron chi connectivity index (χ3n) is 8.49. The standard InChI is InChI=1S/C28H37N5O3/c1-19-13-21-14-29-28(30-22-8-11-35-12-9-22)31-26(21)16-33(19)27(34)24-7-10-32(23-17-36-18-23)15-25(24)20-5-3-2-4-6-20/h2-6,14,19,22-25H,7-13,15-18H2,1H3,(H,29,30,31)/t19-,24+,25-/m1/s1. The Balaban J connectivity index is 1.20. The number of nitrogens with one attached hydrogen (secondary N) is 1. The summed E-state index contributed by atoms with van der Waals surface area (Å²) in [7, 11) is 0. The van der Waals surface area contributed by atoms with Crippen molar-refractivity contribution in [2.75, 3.05) is 44.8 Å². The molecule has 8 nitrogen and oxygen atoms in total. The molecule has 0 unspecified atom stereocenters. The van der Waals surface area contributed by atoms with E-state index in [2.05, 4.69) is 57.4 Å². The highest BCUT2D eigenvalue weighted by Gasteiger charge is 2.42. The highest BCUT2D eigenvalue weighted by molar-refractivity contribution is 5.81. The first-order valence-electron chi connectivity index (χ1n) is 13.5. The van der Waals surface area contributed by atoms with Gasteiger partial charge in [0.1, 0.15) is 0 Å². The number of anilines is 1. The zero-order chi connectivity index (χ0) is 24.5. The van der Waals surface area contributed by atoms with Gasteiger partial charge in [-0.05, 0) is 50.3 Å². The molecule has 192 valence electrons. The number of likely N-dealkylation sites (tertiary alicyclic amines) is 1. The van der Waals surface area contributed by atoms with Gasteiger partial charge in [-0.15, -0.1) is 0 Å². The predicted octanol–water partition coefficient (Wildman–Crippen LogP) is 2.85. The Morgan fingerprint density at radius 3 is 2.64 bits per heavy atom. The van der Waals surface area contributed by atoms with Gasteiger partial charge >= 0.3 is 0 Å². The summed E-state index contributed by atoms with van der Waals surface area (Å²) >= 11 is 0. The minimum Gasteiger partial charge on any atom is -0.381 e. The Morgan fingerprint density at radius 2 is 1.89 bits per heavy atom. The number of piperidine rings is 1. The Labute approximate surface area is 213 Å². The van der Waals surface area contributed by atoms with Crippen molar-refractivity contribution in [3.8, 4) is 0 Å². The third kappa shape index (κ3) is 4.86. The highest BCUT2D eigenvalue weighted by atomic mass is 16.5. The van der Waals surface area contributed by atoms with Crippen molar-refractivity contribution >= 4 is 11.9 Å². The molecule has 4 aliphatic heterocycles. The predicted molar refractivity (Wildman–Crippen MR) is 137 cm³/mol. The summed E-state index contributed by atoms with van der Waals surface area (Å²) in [5.41, 5.74) is 3.39. The Morgan fingerprint density at radius 1 is 1.08 bits per heavy atom. The molecule has 6 rings (SSSR count). The van der Waals surface area contributed by atoms with E-state index in [1.54, 1.807) is 0 Å². The molecule has 0 aliphatic carbocycles. The van der Waals surface area contributed by atoms with Crippen molar-refractivity contribution in [2.24, 2.45) is 5.92 Å². The van der Waals surface area contributed by atoms with E-state index in [0.717, 1.165) is 76.5 Å². The zero-order valence-corrected chi connectivity index (χ0v) is 21.1. The van der Waals surface area contributed by atoms with Gasteiger partial charge in [0.15, 0.2) is 0 Å². The van der Waals surface area contributed by atoms with Crippen molar-refractivity contribution in [2.45, 2.75) is 63.2 Å². The Kier molecular flexibility index (Phi) is 6.91. The molecule has 36 heavy (non-hydrogen) atoms. The molecular weight excluding hydrogens is 454 g/mol. The molecule has 3 saturated heterocycles. The fraction of sp³-hybridized carbons (Fsp3) is 0.607. The van der Waals surface area contributed by atoms with Crippen LogP contribution in [0.15, 0.2) is 36.5 Å². The lowest BCUT2D eigenvalue weighted by Crippen LogP contribution is -2.56. The van der Waals surface area contributed by atoms with Crippen LogP contribution in [0, 0.1) is 5.92 Å². The van der Waals surface area contributed by atoms with Gasteiger partial charge in [0.05, 0.1) is 31.5 Å². The number of rotatable bonds is 5. The lowest BCUT2D eigenvalue weighted by Gasteiger charge is -2.46. The van der Waals surface area contributed by atoms with Crippen LogP contribution in [0.25, 0.3) is 0 Å². The van der Waals surface area contributed by atoms with Crippen LogP contribution in [0.2, 0.25) is 0 Å². The molecular formula is C28H37N5O3. The van der Waals surface area contributed by atoms with E-state index in [1.165, 1.54) is 5.56 Å². The summed E-state index contributed by atoms with van der Waals surface area (Å²) in [5, 5.41) is 3.48. The summed E-state index contributed by atoms with van der Waals surface area (Å²) in [6.07, 6.45) is 5.57. The maximum absolute atomic E-state index is 14.1. The first-order valence-corrected chi connectivity index (χ1v) is 13.5. The summed E-state index contributed by atoms with van der Waals surface area (Å²) in [6, 6.07) is 11.6. The minimum atomic E-state index is -0.0182. The van der Waals surface area contributed by atoms with Gasteiger partial charge in [0.2, 0.25) is 11.9 Å². The quantitative estimate of drug-likeness (QED) is 0.689. The van der Waals surface area contributed by atoms with Gasteiger partial charge in [-0.25, -0.2) is 9.97 Å². The molecule has 0 radical (unpaired) electrons. The van der Waals surface area contributed by atoms with Crippen LogP contribution < -0.4 is 5.32 Å². The van der Waals surface area contributed by atoms with Crippen LogP contribution in [0.1, 0.15) is 48.9 Å². The second kappa shape index (κ2) is 10.4. The van der Waals surface area contributed by atoms with Crippen molar-refractivity contribution in [3.05, 3.63) is 53.3 Å². The monoisotopic (exact) mass is 491 g/mol. The fourth-order valence-electron chi connectivity index (χ4n) is 6.17. The molecule has 0 bridgehead atoms. The van der Waals surface area contributed by atoms with E-state index in [9.17, 15) is 4.79 Å². The van der Waals surface area contributed by atoms with Crippen LogP contribution in [-0.4, -0.2) is 83.3 Å². The Hall–Kier alpha value is -2.55. The smallest absolute Gasteiger partial charge is 0.227 e. The van der Waals surface area contributed by atoms with E-state index in [0.29, 0.717) is 24.6 Å². The number of fused-ring (bicyclic) bond motifs is 1. The number of aromatic nitrogens is 2. The lowest BCUT2D eigenvalue weighted by atomic mass is 9.78. The zero-order valence-electron chi connectivity index (χ0n) is 21.1. The third-order valence-corrected chi connectivity index (χ3v) is 8.49. The van der Waals surface area contributed by atoms with Crippen LogP contribution in [-0.2, 0) is 27.2 Å². The largest absolute Gasteiger partial charge is 0.381 e. The number of amides is 1. The molecule has 5 heterocycles. The average Bonchev–Trinajstić information content (AvgIpc) is 2.88. The summed E-state index contributed by atoms with van der Waals surface area (Å²) in [4.78, 5) is 28.2. The van der Waals surface area contributed by atoms with E-state index in [-0.39, 0.29) is 23.8 Å². The molecule has 3 atom stereocenters. The van der Waals surface area contributed by atoms with Crippen molar-refractivity contribution in [1.82, 2.24) is 19.8 Å². The van der Waals surface area contributed by atoms with Gasteiger partial charge < -0.3 is 19.7 Å². The molecule has 1 aromatic carbocycles. The Bertz CT molecular complexity index is 1060. The van der Waals surface area contributed by atoms with Gasteiger partial charge in [-0.1, -0.05) is 30.3 Å². The number of ether oxygens (including phenoxy) is 2. The number of hydrogen-bond acceptors (Lipinski definition) is 7. The summed E-state index contributed by atoms with van der Waals surface area (Å²) in [5.74, 6) is 1.11. The molecule has 0 saturated carbocycles. The SMILES string of the molecule is C[C@@H]1Cc2cnc(NC3CCOCC3)nc2CN1C(=O)[C@H]1CCN(C2COC2)C[C@@H]1c1ccccc1. The summed E-state index contributed by atoms with van der Waals surface area (Å²) < 4.78 is 10.9. The maximum Gasteiger partial charge on any atom is 0.227 e. The van der Waals surface area contributed by atoms with Crippen molar-refractivity contribution in [1.29, 1.82) is 0 Å². The normalized spacial score (nSPS) is 27.8. The first kappa shape index (κ1) is 23.8. The van der Waals surface area contributed by atoms with Crippen molar-refractivity contribution in [3.63, 3.8) is 0 Å². The van der Waals surface area contributed by atoms with Gasteiger partial charge in [-0.2, -0.15) is 0 Å². The topological polar surface area (TPSA) is 79.8 Å². The summed E-state index contributed by atoms with van der Waals surface area (Å²) in [6.45, 7) is 7.75. The molecule has 8 heteroatoms. The van der Waals surface area contributed by atoms with Crippen molar-refractivity contribution < 1.29 is 14.3 Å². The first-order chi connectivity index (χ1) is 17.7. The molecule has 1 amide bonds. The number of benzene rings is 1. The number of carbonyl (C=O) groups is 1. The lowest BCUT2D eigenvalue weighted by molar-refractivity contribution is -0.143. The molecule has 4 aliphatic rings. The maximum atomic E-state index is 14.1. The van der Waals surface area contributed by atoms with E-state index in [4.69, 9.17) is 14.5 Å². The second-order valence-corrected chi connectivity index (χ2v) is 10.8. The molecule has 3 fully saturated rings. The second-order valence-electron chi connectivity index (χ2n) is 10.8. The van der Waals surface area contributed by atoms with Crippen LogP contribution in [0.4, 0.5) is 5.95 Å². The average molecular weight is 492 g/mol.